The lowest BCUT2D eigenvalue weighted by Gasteiger charge is -2.27. The van der Waals surface area contributed by atoms with Crippen molar-refractivity contribution >= 4 is 23.4 Å². The van der Waals surface area contributed by atoms with E-state index in [4.69, 9.17) is 4.74 Å². The van der Waals surface area contributed by atoms with Crippen molar-refractivity contribution in [2.45, 2.75) is 45.8 Å². The maximum atomic E-state index is 13.8. The molecular formula is C26H30N3O4+. The van der Waals surface area contributed by atoms with Gasteiger partial charge in [-0.15, -0.1) is 0 Å². The van der Waals surface area contributed by atoms with Gasteiger partial charge in [0.15, 0.2) is 0 Å². The Morgan fingerprint density at radius 1 is 1.06 bits per heavy atom. The first kappa shape index (κ1) is 21.6. The Morgan fingerprint density at radius 3 is 2.39 bits per heavy atom. The maximum Gasteiger partial charge on any atom is 0.291 e. The summed E-state index contributed by atoms with van der Waals surface area (Å²) in [6.07, 6.45) is 0. The highest BCUT2D eigenvalue weighted by atomic mass is 16.5. The number of imide groups is 1. The van der Waals surface area contributed by atoms with E-state index in [2.05, 4.69) is 19.2 Å². The van der Waals surface area contributed by atoms with Crippen molar-refractivity contribution < 1.29 is 24.4 Å². The molecule has 4 atom stereocenters. The number of hydrogen-bond acceptors (Lipinski definition) is 4. The average molecular weight is 449 g/mol. The maximum absolute atomic E-state index is 13.8. The summed E-state index contributed by atoms with van der Waals surface area (Å²) in [6.45, 7) is 8.28. The molecule has 3 aliphatic heterocycles. The fraction of sp³-hybridized carbons (Fsp3) is 0.423. The predicted octanol–water partition coefficient (Wildman–Crippen LogP) is 1.86. The number of nitrogens with two attached hydrogens (primary N) is 1. The molecule has 2 saturated heterocycles. The van der Waals surface area contributed by atoms with Crippen LogP contribution in [0.3, 0.4) is 0 Å². The van der Waals surface area contributed by atoms with Crippen LogP contribution < -0.4 is 15.4 Å². The van der Waals surface area contributed by atoms with Crippen LogP contribution in [0.25, 0.3) is 0 Å². The Balaban J connectivity index is 1.59. The van der Waals surface area contributed by atoms with E-state index >= 15 is 0 Å². The third-order valence-electron chi connectivity index (χ3n) is 7.87. The van der Waals surface area contributed by atoms with Crippen molar-refractivity contribution in [3.05, 3.63) is 58.7 Å². The summed E-state index contributed by atoms with van der Waals surface area (Å²) in [5.41, 5.74) is 3.42. The minimum atomic E-state index is -1.12. The molecule has 5 rings (SSSR count). The van der Waals surface area contributed by atoms with Crippen LogP contribution in [0, 0.1) is 31.6 Å². The van der Waals surface area contributed by atoms with Crippen molar-refractivity contribution in [3.63, 3.8) is 0 Å². The van der Waals surface area contributed by atoms with Crippen LogP contribution in [-0.4, -0.2) is 35.8 Å². The number of methoxy groups -OCH3 is 1. The lowest BCUT2D eigenvalue weighted by Crippen LogP contribution is -2.99. The minimum Gasteiger partial charge on any atom is -0.497 e. The molecular weight excluding hydrogens is 418 g/mol. The third kappa shape index (κ3) is 2.88. The number of benzene rings is 2. The molecule has 2 aromatic carbocycles. The summed E-state index contributed by atoms with van der Waals surface area (Å²) in [6, 6.07) is 11.1. The second-order valence-corrected chi connectivity index (χ2v) is 9.86. The smallest absolute Gasteiger partial charge is 0.291 e. The van der Waals surface area contributed by atoms with Crippen LogP contribution in [-0.2, 0) is 26.5 Å². The Kier molecular flexibility index (Phi) is 4.86. The van der Waals surface area contributed by atoms with Gasteiger partial charge in [-0.25, -0.2) is 0 Å². The molecule has 0 radical (unpaired) electrons. The number of anilines is 1. The van der Waals surface area contributed by atoms with Gasteiger partial charge in [-0.1, -0.05) is 32.0 Å². The highest BCUT2D eigenvalue weighted by Gasteiger charge is 2.74. The first-order valence-corrected chi connectivity index (χ1v) is 11.5. The van der Waals surface area contributed by atoms with E-state index in [1.807, 2.05) is 55.6 Å². The van der Waals surface area contributed by atoms with Crippen molar-refractivity contribution in [3.8, 4) is 5.75 Å². The second-order valence-electron chi connectivity index (χ2n) is 9.86. The minimum absolute atomic E-state index is 0.123. The number of hydrogen-bond donors (Lipinski definition) is 2. The summed E-state index contributed by atoms with van der Waals surface area (Å²) in [5.74, 6) is -1.06. The summed E-state index contributed by atoms with van der Waals surface area (Å²) in [7, 11) is 1.60. The Labute approximate surface area is 193 Å². The molecule has 0 bridgehead atoms. The molecule has 7 heteroatoms. The number of nitrogens with one attached hydrogen (secondary N) is 1. The Morgan fingerprint density at radius 2 is 1.76 bits per heavy atom. The van der Waals surface area contributed by atoms with Gasteiger partial charge in [0, 0.05) is 11.5 Å². The average Bonchev–Trinajstić information content (AvgIpc) is 3.38. The molecule has 3 amide bonds. The van der Waals surface area contributed by atoms with E-state index in [1.54, 1.807) is 7.11 Å². The van der Waals surface area contributed by atoms with Gasteiger partial charge >= 0.3 is 0 Å². The van der Waals surface area contributed by atoms with Crippen molar-refractivity contribution in [1.29, 1.82) is 0 Å². The molecule has 0 unspecified atom stereocenters. The van der Waals surface area contributed by atoms with E-state index in [0.717, 1.165) is 27.9 Å². The number of nitrogens with zero attached hydrogens (tertiary/aromatic N) is 1. The molecule has 2 fully saturated rings. The van der Waals surface area contributed by atoms with Gasteiger partial charge in [0.05, 0.1) is 19.3 Å². The predicted molar refractivity (Wildman–Crippen MR) is 122 cm³/mol. The first-order chi connectivity index (χ1) is 15.7. The van der Waals surface area contributed by atoms with Crippen LogP contribution >= 0.6 is 0 Å². The van der Waals surface area contributed by atoms with E-state index in [0.29, 0.717) is 5.75 Å². The van der Waals surface area contributed by atoms with Crippen LogP contribution in [0.2, 0.25) is 0 Å². The molecule has 0 aromatic heterocycles. The van der Waals surface area contributed by atoms with Crippen LogP contribution in [0.4, 0.5) is 5.69 Å². The highest BCUT2D eigenvalue weighted by molar-refractivity contribution is 6.14. The molecule has 3 aliphatic rings. The topological polar surface area (TPSA) is 92.3 Å². The fourth-order valence-electron chi connectivity index (χ4n) is 5.94. The van der Waals surface area contributed by atoms with Gasteiger partial charge in [-0.05, 0) is 48.7 Å². The quantitative estimate of drug-likeness (QED) is 0.699. The zero-order valence-corrected chi connectivity index (χ0v) is 19.6. The van der Waals surface area contributed by atoms with Gasteiger partial charge in [0.25, 0.3) is 5.91 Å². The molecule has 0 saturated carbocycles. The Hall–Kier alpha value is -3.19. The van der Waals surface area contributed by atoms with Gasteiger partial charge in [-0.3, -0.25) is 19.3 Å². The van der Waals surface area contributed by atoms with Crippen LogP contribution in [0.15, 0.2) is 36.4 Å². The monoisotopic (exact) mass is 448 g/mol. The second kappa shape index (κ2) is 7.42. The van der Waals surface area contributed by atoms with Crippen molar-refractivity contribution in [2.75, 3.05) is 12.4 Å². The van der Waals surface area contributed by atoms with Crippen molar-refractivity contribution in [1.82, 2.24) is 4.90 Å². The Bertz CT molecular complexity index is 1170. The lowest BCUT2D eigenvalue weighted by molar-refractivity contribution is -0.738. The lowest BCUT2D eigenvalue weighted by atomic mass is 9.75. The summed E-state index contributed by atoms with van der Waals surface area (Å²) in [5, 5.41) is 5.06. The zero-order valence-electron chi connectivity index (χ0n) is 19.6. The third-order valence-corrected chi connectivity index (χ3v) is 7.87. The van der Waals surface area contributed by atoms with Gasteiger partial charge in [-0.2, -0.15) is 0 Å². The number of aryl methyl sites for hydroxylation is 1. The van der Waals surface area contributed by atoms with Gasteiger partial charge in [0.1, 0.15) is 23.6 Å². The SMILES string of the molecule is COc1ccc(CN2C(=O)[C@H]3[C@@H](C2=O)[C@@]2([NH2+][C@H]3C(C)C)C(=O)Nc3c2ccc(C)c3C)cc1. The van der Waals surface area contributed by atoms with E-state index in [-0.39, 0.29) is 36.2 Å². The molecule has 7 nitrogen and oxygen atoms in total. The molecule has 33 heavy (non-hydrogen) atoms. The van der Waals surface area contributed by atoms with E-state index in [1.165, 1.54) is 4.90 Å². The molecule has 0 aliphatic carbocycles. The van der Waals surface area contributed by atoms with Gasteiger partial charge in [0.2, 0.25) is 17.4 Å². The fourth-order valence-corrected chi connectivity index (χ4v) is 5.94. The molecule has 172 valence electrons. The van der Waals surface area contributed by atoms with Crippen LogP contribution in [0.1, 0.15) is 36.1 Å². The van der Waals surface area contributed by atoms with E-state index < -0.39 is 17.4 Å². The molecule has 3 heterocycles. The number of carbonyl (C=O) groups excluding carboxylic acids is 3. The number of amides is 3. The zero-order chi connectivity index (χ0) is 23.7. The number of quaternary nitrogens is 1. The summed E-state index contributed by atoms with van der Waals surface area (Å²) in [4.78, 5) is 42.4. The molecule has 2 aromatic rings. The largest absolute Gasteiger partial charge is 0.497 e. The number of fused-ring (bicyclic) bond motifs is 4. The molecule has 1 spiro atoms. The number of rotatable bonds is 4. The number of likely N-dealkylation sites (tertiary alicyclic amines) is 1. The molecule has 3 N–H and O–H groups in total. The van der Waals surface area contributed by atoms with Crippen LogP contribution in [0.5, 0.6) is 5.75 Å². The number of ether oxygens (including phenoxy) is 1. The van der Waals surface area contributed by atoms with E-state index in [9.17, 15) is 14.4 Å². The first-order valence-electron chi connectivity index (χ1n) is 11.5. The summed E-state index contributed by atoms with van der Waals surface area (Å²) >= 11 is 0. The standard InChI is InChI=1S/C26H29N3O4/c1-13(2)21-19-20(24(31)29(23(19)30)12-16-7-9-17(33-5)10-8-16)26(28-21)18-11-6-14(3)15(4)22(18)27-25(26)32/h6-11,13,19-21,28H,12H2,1-5H3,(H,27,32)/p+1/t19-,20-,21-,26+/m0/s1. The summed E-state index contributed by atoms with van der Waals surface area (Å²) < 4.78 is 5.21. The van der Waals surface area contributed by atoms with Crippen molar-refractivity contribution in [2.24, 2.45) is 17.8 Å². The highest BCUT2D eigenvalue weighted by Crippen LogP contribution is 2.51. The number of carbonyl (C=O) groups is 3. The van der Waals surface area contributed by atoms with Gasteiger partial charge < -0.3 is 15.4 Å². The normalized spacial score (nSPS) is 28.0.